The number of aryl methyl sites for hydroxylation is 1. The molecule has 0 aliphatic heterocycles. The van der Waals surface area contributed by atoms with Gasteiger partial charge in [-0.3, -0.25) is 4.79 Å². The monoisotopic (exact) mass is 403 g/mol. The normalized spacial score (nSPS) is 31.5. The quantitative estimate of drug-likeness (QED) is 0.763. The van der Waals surface area contributed by atoms with Gasteiger partial charge in [-0.25, -0.2) is 4.72 Å². The van der Waals surface area contributed by atoms with E-state index in [1.807, 2.05) is 16.9 Å². The Morgan fingerprint density at radius 3 is 2.79 bits per heavy atom. The van der Waals surface area contributed by atoms with Gasteiger partial charge in [-0.1, -0.05) is 25.1 Å². The molecule has 1 aromatic carbocycles. The molecule has 0 heterocycles. The van der Waals surface area contributed by atoms with Crippen molar-refractivity contribution in [3.63, 3.8) is 0 Å². The summed E-state index contributed by atoms with van der Waals surface area (Å²) in [6.45, 7) is 7.89. The third-order valence-corrected chi connectivity index (χ3v) is 8.42. The zero-order chi connectivity index (χ0) is 20.1. The van der Waals surface area contributed by atoms with Crippen LogP contribution in [0, 0.1) is 17.3 Å². The number of rotatable bonds is 4. The van der Waals surface area contributed by atoms with E-state index in [-0.39, 0.29) is 5.75 Å². The third-order valence-electron chi connectivity index (χ3n) is 7.47. The molecule has 0 spiro atoms. The molecule has 0 bridgehead atoms. The van der Waals surface area contributed by atoms with Crippen LogP contribution >= 0.6 is 0 Å². The predicted octanol–water partition coefficient (Wildman–Crippen LogP) is 4.25. The summed E-state index contributed by atoms with van der Waals surface area (Å²) in [4.78, 5) is 11.0. The number of fused-ring (bicyclic) bond motifs is 5. The Kier molecular flexibility index (Phi) is 4.81. The Labute approximate surface area is 167 Å². The average molecular weight is 404 g/mol. The van der Waals surface area contributed by atoms with E-state index in [0.717, 1.165) is 25.7 Å². The highest BCUT2D eigenvalue weighted by molar-refractivity contribution is 7.85. The van der Waals surface area contributed by atoms with Gasteiger partial charge in [0, 0.05) is 6.92 Å². The number of carbonyl (C=O) groups excluding carboxylic acids is 1. The van der Waals surface area contributed by atoms with E-state index < -0.39 is 16.2 Å². The van der Waals surface area contributed by atoms with Crippen LogP contribution in [0.2, 0.25) is 0 Å². The van der Waals surface area contributed by atoms with Gasteiger partial charge >= 0.3 is 10.3 Å². The van der Waals surface area contributed by atoms with E-state index >= 15 is 0 Å². The van der Waals surface area contributed by atoms with Crippen LogP contribution in [0.15, 0.2) is 30.4 Å². The second kappa shape index (κ2) is 6.90. The molecular weight excluding hydrogens is 374 g/mol. The first-order chi connectivity index (χ1) is 13.3. The smallest absolute Gasteiger partial charge is 0.367 e. The first-order valence-corrected chi connectivity index (χ1v) is 11.7. The second-order valence-electron chi connectivity index (χ2n) is 8.66. The average Bonchev–Trinajstić information content (AvgIpc) is 2.97. The fraction of sp³-hybridized carbons (Fsp3) is 0.591. The fourth-order valence-electron chi connectivity index (χ4n) is 6.35. The van der Waals surface area contributed by atoms with Gasteiger partial charge in [-0.05, 0) is 91.4 Å². The Morgan fingerprint density at radius 1 is 1.29 bits per heavy atom. The van der Waals surface area contributed by atoms with Gasteiger partial charge in [0.05, 0.1) is 0 Å². The summed E-state index contributed by atoms with van der Waals surface area (Å²) >= 11 is 0. The van der Waals surface area contributed by atoms with Crippen LogP contribution in [-0.2, 0) is 21.5 Å². The summed E-state index contributed by atoms with van der Waals surface area (Å²) in [5, 5.41) is 0. The van der Waals surface area contributed by atoms with Gasteiger partial charge in [0.15, 0.2) is 0 Å². The largest absolute Gasteiger partial charge is 0.409 e. The minimum atomic E-state index is -4.12. The molecule has 4 rings (SSSR count). The molecule has 1 aromatic rings. The van der Waals surface area contributed by atoms with Crippen molar-refractivity contribution >= 4 is 16.2 Å². The SMILES string of the molecule is C=C1CCC2C3CCc4cc(OS(=O)(=O)NC(C)=O)ccc4C3CCC12CC. The second-order valence-corrected chi connectivity index (χ2v) is 9.94. The standard InChI is InChI=1S/C22H29NO4S/c1-4-22-12-11-19-18-9-7-17(27-28(25,26)23-15(3)24)13-16(18)6-8-20(19)21(22)10-5-14(22)2/h7,9,13,19-21H,2,4-6,8,10-12H2,1,3H3,(H,23,24). The van der Waals surface area contributed by atoms with Crippen LogP contribution in [-0.4, -0.2) is 14.3 Å². The molecule has 28 heavy (non-hydrogen) atoms. The van der Waals surface area contributed by atoms with Crippen LogP contribution in [0.25, 0.3) is 0 Å². The Balaban J connectivity index is 1.58. The first kappa shape index (κ1) is 19.5. The third kappa shape index (κ3) is 3.15. The van der Waals surface area contributed by atoms with Gasteiger partial charge in [0.25, 0.3) is 0 Å². The maximum atomic E-state index is 11.9. The van der Waals surface area contributed by atoms with E-state index in [1.165, 1.54) is 48.8 Å². The van der Waals surface area contributed by atoms with Crippen LogP contribution in [0.3, 0.4) is 0 Å². The summed E-state index contributed by atoms with van der Waals surface area (Å²) in [5.41, 5.74) is 4.34. The van der Waals surface area contributed by atoms with Crippen molar-refractivity contribution in [2.45, 2.75) is 64.7 Å². The lowest BCUT2D eigenvalue weighted by atomic mass is 9.54. The predicted molar refractivity (Wildman–Crippen MR) is 108 cm³/mol. The fourth-order valence-corrected chi connectivity index (χ4v) is 7.10. The van der Waals surface area contributed by atoms with Gasteiger partial charge in [-0.15, -0.1) is 0 Å². The van der Waals surface area contributed by atoms with Crippen LogP contribution in [0.1, 0.15) is 69.4 Å². The van der Waals surface area contributed by atoms with Crippen molar-refractivity contribution < 1.29 is 17.4 Å². The van der Waals surface area contributed by atoms with Crippen molar-refractivity contribution in [1.29, 1.82) is 0 Å². The van der Waals surface area contributed by atoms with Crippen LogP contribution < -0.4 is 8.91 Å². The summed E-state index contributed by atoms with van der Waals surface area (Å²) in [6.07, 6.45) is 8.09. The van der Waals surface area contributed by atoms with Gasteiger partial charge < -0.3 is 4.18 Å². The van der Waals surface area contributed by atoms with E-state index in [4.69, 9.17) is 4.18 Å². The zero-order valence-corrected chi connectivity index (χ0v) is 17.5. The molecule has 5 nitrogen and oxygen atoms in total. The number of carbonyl (C=O) groups is 1. The molecule has 3 aliphatic rings. The lowest BCUT2D eigenvalue weighted by molar-refractivity contribution is -0.117. The van der Waals surface area contributed by atoms with Gasteiger partial charge in [-0.2, -0.15) is 8.42 Å². The molecule has 1 N–H and O–H groups in total. The Morgan fingerprint density at radius 2 is 2.07 bits per heavy atom. The molecule has 152 valence electrons. The van der Waals surface area contributed by atoms with E-state index in [2.05, 4.69) is 13.5 Å². The lowest BCUT2D eigenvalue weighted by Crippen LogP contribution is -2.41. The number of nitrogens with one attached hydrogen (secondary N) is 1. The summed E-state index contributed by atoms with van der Waals surface area (Å²) < 4.78 is 30.6. The van der Waals surface area contributed by atoms with E-state index in [1.54, 1.807) is 6.07 Å². The molecule has 0 aromatic heterocycles. The zero-order valence-electron chi connectivity index (χ0n) is 16.7. The number of benzene rings is 1. The minimum absolute atomic E-state index is 0.263. The van der Waals surface area contributed by atoms with E-state index in [9.17, 15) is 13.2 Å². The molecular formula is C22H29NO4S. The molecule has 6 heteroatoms. The number of hydrogen-bond donors (Lipinski definition) is 1. The maximum Gasteiger partial charge on any atom is 0.409 e. The highest BCUT2D eigenvalue weighted by Crippen LogP contribution is 2.63. The van der Waals surface area contributed by atoms with Crippen molar-refractivity contribution in [1.82, 2.24) is 4.72 Å². The Hall–Kier alpha value is -1.82. The summed E-state index contributed by atoms with van der Waals surface area (Å²) in [5.74, 6) is 1.56. The van der Waals surface area contributed by atoms with Crippen molar-refractivity contribution in [2.75, 3.05) is 0 Å². The van der Waals surface area contributed by atoms with Crippen molar-refractivity contribution in [2.24, 2.45) is 17.3 Å². The molecule has 4 atom stereocenters. The van der Waals surface area contributed by atoms with Crippen molar-refractivity contribution in [3.8, 4) is 5.75 Å². The molecule has 2 saturated carbocycles. The van der Waals surface area contributed by atoms with Gasteiger partial charge in [0.1, 0.15) is 5.75 Å². The van der Waals surface area contributed by atoms with Gasteiger partial charge in [0.2, 0.25) is 5.91 Å². The first-order valence-electron chi connectivity index (χ1n) is 10.3. The van der Waals surface area contributed by atoms with Crippen molar-refractivity contribution in [3.05, 3.63) is 41.5 Å². The molecule has 1 amide bonds. The molecule has 4 unspecified atom stereocenters. The summed E-state index contributed by atoms with van der Waals surface area (Å²) in [7, 11) is -4.12. The molecule has 3 aliphatic carbocycles. The highest BCUT2D eigenvalue weighted by Gasteiger charge is 2.53. The molecule has 2 fully saturated rings. The summed E-state index contributed by atoms with van der Waals surface area (Å²) in [6, 6.07) is 5.59. The minimum Gasteiger partial charge on any atom is -0.367 e. The maximum absolute atomic E-state index is 11.9. The highest BCUT2D eigenvalue weighted by atomic mass is 32.2. The van der Waals surface area contributed by atoms with E-state index in [0.29, 0.717) is 17.3 Å². The Bertz CT molecular complexity index is 922. The van der Waals surface area contributed by atoms with Crippen LogP contribution in [0.4, 0.5) is 0 Å². The van der Waals surface area contributed by atoms with Crippen LogP contribution in [0.5, 0.6) is 5.75 Å². The topological polar surface area (TPSA) is 72.5 Å². The number of hydrogen-bond acceptors (Lipinski definition) is 4. The molecule has 0 saturated heterocycles. The number of allylic oxidation sites excluding steroid dienone is 1. The molecule has 0 radical (unpaired) electrons. The number of amides is 1. The lowest BCUT2D eigenvalue weighted by Gasteiger charge is -2.51.